The van der Waals surface area contributed by atoms with Crippen molar-refractivity contribution in [3.63, 3.8) is 0 Å². The number of nitrogens with zero attached hydrogens (tertiary/aromatic N) is 16. The summed E-state index contributed by atoms with van der Waals surface area (Å²) in [5.74, 6) is 1.20. The highest BCUT2D eigenvalue weighted by atomic mass is 127. The summed E-state index contributed by atoms with van der Waals surface area (Å²) < 4.78 is 37.5. The number of hydrogen-bond acceptors (Lipinski definition) is 20. The van der Waals surface area contributed by atoms with Gasteiger partial charge in [0.15, 0.2) is 0 Å². The van der Waals surface area contributed by atoms with Gasteiger partial charge in [0.05, 0.1) is 133 Å². The van der Waals surface area contributed by atoms with Crippen molar-refractivity contribution in [2.24, 2.45) is 11.8 Å². The van der Waals surface area contributed by atoms with E-state index >= 15 is 0 Å². The van der Waals surface area contributed by atoms with Crippen molar-refractivity contribution in [2.45, 2.75) is 150 Å². The van der Waals surface area contributed by atoms with E-state index in [4.69, 9.17) is 75.9 Å². The molecule has 16 aromatic heterocycles. The van der Waals surface area contributed by atoms with Gasteiger partial charge in [-0.05, 0) is 255 Å². The van der Waals surface area contributed by atoms with Gasteiger partial charge in [-0.2, -0.15) is 0 Å². The van der Waals surface area contributed by atoms with Crippen LogP contribution in [-0.2, 0) is 14.9 Å². The number of benzene rings is 3. The standard InChI is InChI=1S/C31H28N4O3.2C27H23ClN4O3.C23H23IN4O2/c1-18-27(19(2)38-34-18)22-15-26-28(33-16-22)24(20-8-10-23(11-9-20)31(12-13-31)30(36)37)17-35(26)29(21-6-7-21)25-5-3-4-14-32-25;1-4-23(22-7-5-6-10-29-22)32-14-20(19-9-8-17(27(33)34)11-21(19)28)26-24(32)12-18(13-30-26)25-15(2)31-35-16(25)3;1-4-23(22-7-5-6-10-29-22)32-14-20(17-8-9-19(27(33)34)21(28)11-17)26-24(32)12-18(13-30-26)25-15(2)31-35-16(25)3;1-14-21(15(2)30-27-14)17-11-20-22(26-12-17)18(24)13-28(20)23(16-6-9-29-10-7-16)19-5-3-4-8-25-19/h3-5,8-11,14-17,21,29H,6-7,12-13H2,1-2H3,(H,36,37);2*5-14,23H,4H2,1-3H3,(H,33,34);3-5,8,11-13,16,23H,6-7,9-10H2,1-2H3/t29-;2*23-;/m000./s1. The molecule has 696 valence electrons. The van der Waals surface area contributed by atoms with Crippen molar-refractivity contribution in [3.05, 3.63) is 331 Å². The maximum absolute atomic E-state index is 11.8. The zero-order valence-electron chi connectivity index (χ0n) is 77.4. The molecule has 27 nitrogen and oxygen atoms in total. The number of fused-ring (bicyclic) bond motifs is 4. The molecule has 2 aliphatic carbocycles. The number of aryl methyl sites for hydroxylation is 8. The van der Waals surface area contributed by atoms with Crippen LogP contribution < -0.4 is 0 Å². The van der Waals surface area contributed by atoms with E-state index in [-0.39, 0.29) is 40.3 Å². The van der Waals surface area contributed by atoms with Crippen LogP contribution >= 0.6 is 45.8 Å². The van der Waals surface area contributed by atoms with Gasteiger partial charge >= 0.3 is 17.9 Å². The molecule has 1 unspecified atom stereocenters. The summed E-state index contributed by atoms with van der Waals surface area (Å²) in [6.07, 6.45) is 30.6. The lowest BCUT2D eigenvalue weighted by atomic mass is 9.89. The summed E-state index contributed by atoms with van der Waals surface area (Å²) in [5.41, 5.74) is 28.0. The van der Waals surface area contributed by atoms with Crippen LogP contribution in [0.4, 0.5) is 0 Å². The van der Waals surface area contributed by atoms with E-state index in [1.165, 1.54) is 25.0 Å². The Balaban J connectivity index is 0.000000118. The molecule has 22 rings (SSSR count). The van der Waals surface area contributed by atoms with Gasteiger partial charge in [0.25, 0.3) is 0 Å². The molecule has 3 fully saturated rings. The minimum Gasteiger partial charge on any atom is -0.481 e. The zero-order valence-corrected chi connectivity index (χ0v) is 81.0. The number of hydrogen-bond donors (Lipinski definition) is 3. The van der Waals surface area contributed by atoms with Crippen molar-refractivity contribution in [1.29, 1.82) is 0 Å². The molecule has 30 heteroatoms. The fourth-order valence-electron chi connectivity index (χ4n) is 19.6. The van der Waals surface area contributed by atoms with Crippen LogP contribution in [0.1, 0.15) is 184 Å². The molecule has 4 atom stereocenters. The van der Waals surface area contributed by atoms with Crippen molar-refractivity contribution >= 4 is 108 Å². The topological polar surface area (TPSA) is 348 Å². The van der Waals surface area contributed by atoms with E-state index < -0.39 is 23.3 Å². The van der Waals surface area contributed by atoms with E-state index in [2.05, 4.69) is 140 Å². The van der Waals surface area contributed by atoms with E-state index in [0.717, 1.165) is 233 Å². The Labute approximate surface area is 817 Å². The highest BCUT2D eigenvalue weighted by Gasteiger charge is 2.52. The maximum atomic E-state index is 11.8. The molecule has 0 bridgehead atoms. The maximum Gasteiger partial charge on any atom is 0.337 e. The van der Waals surface area contributed by atoms with Gasteiger partial charge < -0.3 is 56.4 Å². The van der Waals surface area contributed by atoms with Gasteiger partial charge in [-0.3, -0.25) is 44.7 Å². The normalized spacial score (nSPS) is 14.4. The Morgan fingerprint density at radius 2 is 0.797 bits per heavy atom. The number of ether oxygens (including phenoxy) is 1. The number of aromatic carboxylic acids is 2. The summed E-state index contributed by atoms with van der Waals surface area (Å²) in [6.45, 7) is 21.2. The second-order valence-corrected chi connectivity index (χ2v) is 37.4. The van der Waals surface area contributed by atoms with Gasteiger partial charge in [-0.15, -0.1) is 0 Å². The minimum atomic E-state index is -1.06. The first-order valence-corrected chi connectivity index (χ1v) is 47.7. The summed E-state index contributed by atoms with van der Waals surface area (Å²) in [4.78, 5) is 72.9. The SMILES string of the molecule is CC[C@@H](c1ccccn1)n1cc(-c2ccc(C(=O)O)c(Cl)c2)c2ncc(-c3c(C)noc3C)cc21.CC[C@@H](c1ccccn1)n1cc(-c2ccc(C(=O)O)cc2Cl)c2ncc(-c3c(C)noc3C)cc21.Cc1noc(C)c1-c1cnc2c(-c3ccc(C4(C(=O)O)CC4)cc3)cn([C@H](c3ccccn3)C3CC3)c2c1.Cc1noc(C)c1-c1cnc2c(I)cn(C(c3ccccn3)C3CCOCC3)c2c1. The lowest BCUT2D eigenvalue weighted by Crippen LogP contribution is -2.27. The van der Waals surface area contributed by atoms with Crippen molar-refractivity contribution in [1.82, 2.24) is 78.8 Å². The second-order valence-electron chi connectivity index (χ2n) is 35.4. The summed E-state index contributed by atoms with van der Waals surface area (Å²) in [7, 11) is 0. The highest BCUT2D eigenvalue weighted by molar-refractivity contribution is 14.1. The quantitative estimate of drug-likeness (QED) is 0.0501. The van der Waals surface area contributed by atoms with E-state index in [1.54, 1.807) is 36.7 Å². The first kappa shape index (κ1) is 92.6. The van der Waals surface area contributed by atoms with Crippen molar-refractivity contribution < 1.29 is 52.5 Å². The molecule has 1 saturated heterocycles. The number of aromatic nitrogens is 16. The van der Waals surface area contributed by atoms with Crippen LogP contribution in [0, 0.1) is 70.8 Å². The molecule has 3 aliphatic rings. The van der Waals surface area contributed by atoms with Gasteiger partial charge in [0.2, 0.25) is 0 Å². The molecule has 138 heavy (non-hydrogen) atoms. The Bertz CT molecular complexity index is 7710. The monoisotopic (exact) mass is 1990 g/mol. The highest BCUT2D eigenvalue weighted by Crippen LogP contribution is 2.51. The molecular formula is C108H97Cl2IN16O11. The molecular weight excluding hydrogens is 1900 g/mol. The predicted octanol–water partition coefficient (Wildman–Crippen LogP) is 25.3. The first-order chi connectivity index (χ1) is 66.9. The Morgan fingerprint density at radius 1 is 0.406 bits per heavy atom. The Kier molecular flexibility index (Phi) is 26.1. The van der Waals surface area contributed by atoms with Crippen LogP contribution in [0.25, 0.3) is 122 Å². The molecule has 3 aromatic carbocycles. The smallest absolute Gasteiger partial charge is 0.337 e. The van der Waals surface area contributed by atoms with Gasteiger partial charge in [0, 0.05) is 159 Å². The summed E-state index contributed by atoms with van der Waals surface area (Å²) in [6, 6.07) is 50.6. The largest absolute Gasteiger partial charge is 0.481 e. The van der Waals surface area contributed by atoms with E-state index in [0.29, 0.717) is 35.3 Å². The number of halogens is 3. The van der Waals surface area contributed by atoms with Gasteiger partial charge in [-0.1, -0.05) is 118 Å². The predicted molar refractivity (Wildman–Crippen MR) is 537 cm³/mol. The van der Waals surface area contributed by atoms with Crippen LogP contribution in [0.15, 0.2) is 250 Å². The average molecular weight is 1990 g/mol. The van der Waals surface area contributed by atoms with Gasteiger partial charge in [-0.25, -0.2) is 9.59 Å². The Morgan fingerprint density at radius 3 is 1.18 bits per heavy atom. The molecule has 17 heterocycles. The number of rotatable bonds is 23. The zero-order chi connectivity index (χ0) is 96.1. The lowest BCUT2D eigenvalue weighted by Gasteiger charge is -2.31. The molecule has 2 saturated carbocycles. The molecule has 1 aliphatic heterocycles. The van der Waals surface area contributed by atoms with Crippen molar-refractivity contribution in [2.75, 3.05) is 13.2 Å². The van der Waals surface area contributed by atoms with E-state index in [1.807, 2.05) is 184 Å². The number of carbonyl (C=O) groups is 3. The molecule has 0 radical (unpaired) electrons. The summed E-state index contributed by atoms with van der Waals surface area (Å²) in [5, 5.41) is 45.5. The third kappa shape index (κ3) is 18.0. The minimum absolute atomic E-state index is 0.0251. The third-order valence-corrected chi connectivity index (χ3v) is 28.1. The Hall–Kier alpha value is -14.5. The average Bonchev–Trinajstić information content (AvgIpc) is 2.26. The van der Waals surface area contributed by atoms with Crippen LogP contribution in [0.5, 0.6) is 0 Å². The molecule has 0 amide bonds. The molecule has 0 spiro atoms. The number of carboxylic acid groups (broad SMARTS) is 3. The third-order valence-electron chi connectivity index (χ3n) is 26.7. The molecule has 19 aromatic rings. The van der Waals surface area contributed by atoms with Gasteiger partial charge in [0.1, 0.15) is 28.6 Å². The fourth-order valence-corrected chi connectivity index (χ4v) is 20.9. The fraction of sp³-hybridized carbons (Fsp3) is 0.250. The van der Waals surface area contributed by atoms with Crippen LogP contribution in [0.3, 0.4) is 0 Å². The van der Waals surface area contributed by atoms with Crippen LogP contribution in [0.2, 0.25) is 10.0 Å². The molecule has 3 N–H and O–H groups in total. The number of carboxylic acids is 3. The van der Waals surface area contributed by atoms with E-state index in [9.17, 15) is 29.7 Å². The number of pyridine rings is 8. The van der Waals surface area contributed by atoms with Crippen LogP contribution in [-0.4, -0.2) is 125 Å². The number of aliphatic carboxylic acids is 1. The second kappa shape index (κ2) is 39.0. The lowest BCUT2D eigenvalue weighted by molar-refractivity contribution is -0.140. The first-order valence-electron chi connectivity index (χ1n) is 45.9. The van der Waals surface area contributed by atoms with Crippen molar-refractivity contribution in [3.8, 4) is 77.9 Å². The summed E-state index contributed by atoms with van der Waals surface area (Å²) >= 11 is 15.3.